The minimum Gasteiger partial charge on any atom is -0.335 e. The van der Waals surface area contributed by atoms with Gasteiger partial charge in [-0.05, 0) is 49.8 Å². The van der Waals surface area contributed by atoms with Crippen molar-refractivity contribution in [3.8, 4) is 0 Å². The molecule has 0 bridgehead atoms. The fourth-order valence-electron chi connectivity index (χ4n) is 3.45. The van der Waals surface area contributed by atoms with E-state index in [9.17, 15) is 4.79 Å². The number of nitrogens with one attached hydrogen (secondary N) is 1. The van der Waals surface area contributed by atoms with E-state index in [4.69, 9.17) is 0 Å². The lowest BCUT2D eigenvalue weighted by Crippen LogP contribution is -2.42. The number of rotatable bonds is 6. The fraction of sp³-hybridized carbons (Fsp3) is 0.500. The maximum absolute atomic E-state index is 12.7. The van der Waals surface area contributed by atoms with Crippen LogP contribution in [0, 0.1) is 0 Å². The van der Waals surface area contributed by atoms with Crippen molar-refractivity contribution >= 4 is 23.5 Å². The number of urea groups is 1. The molecule has 1 unspecified atom stereocenters. The normalized spacial score (nSPS) is 17.3. The van der Waals surface area contributed by atoms with E-state index in [0.717, 1.165) is 50.4 Å². The van der Waals surface area contributed by atoms with Gasteiger partial charge in [-0.1, -0.05) is 13.3 Å². The largest absolute Gasteiger partial charge is 0.335 e. The minimum atomic E-state index is -0.0155. The SMILES string of the molecule is CCCCn1ccnc1C1CCCN(C(=O)Nc2ccc(SC)cc2)C1. The molecule has 2 heterocycles. The third kappa shape index (κ3) is 4.61. The fourth-order valence-corrected chi connectivity index (χ4v) is 3.86. The van der Waals surface area contributed by atoms with Gasteiger partial charge in [0.15, 0.2) is 0 Å². The summed E-state index contributed by atoms with van der Waals surface area (Å²) in [5, 5.41) is 3.03. The summed E-state index contributed by atoms with van der Waals surface area (Å²) in [7, 11) is 0. The molecule has 26 heavy (non-hydrogen) atoms. The lowest BCUT2D eigenvalue weighted by atomic mass is 9.97. The van der Waals surface area contributed by atoms with Gasteiger partial charge >= 0.3 is 6.03 Å². The average Bonchev–Trinajstić information content (AvgIpc) is 3.15. The predicted molar refractivity (Wildman–Crippen MR) is 108 cm³/mol. The number of amides is 2. The first-order chi connectivity index (χ1) is 12.7. The molecular weight excluding hydrogens is 344 g/mol. The van der Waals surface area contributed by atoms with Crippen molar-refractivity contribution in [2.75, 3.05) is 24.7 Å². The second kappa shape index (κ2) is 9.12. The number of hydrogen-bond acceptors (Lipinski definition) is 3. The molecule has 1 aromatic heterocycles. The number of benzene rings is 1. The van der Waals surface area contributed by atoms with E-state index in [1.807, 2.05) is 41.6 Å². The van der Waals surface area contributed by atoms with Gasteiger partial charge in [0.25, 0.3) is 0 Å². The van der Waals surface area contributed by atoms with Crippen molar-refractivity contribution in [2.24, 2.45) is 0 Å². The van der Waals surface area contributed by atoms with E-state index in [-0.39, 0.29) is 6.03 Å². The predicted octanol–water partition coefficient (Wildman–Crippen LogP) is 4.82. The summed E-state index contributed by atoms with van der Waals surface area (Å²) in [6, 6.07) is 7.97. The molecule has 2 aromatic rings. The van der Waals surface area contributed by atoms with Gasteiger partial charge in [0.05, 0.1) is 0 Å². The first-order valence-corrected chi connectivity index (χ1v) is 10.6. The van der Waals surface area contributed by atoms with E-state index in [2.05, 4.69) is 28.0 Å². The number of unbranched alkanes of at least 4 members (excludes halogenated alkanes) is 1. The third-order valence-electron chi connectivity index (χ3n) is 4.92. The summed E-state index contributed by atoms with van der Waals surface area (Å²) in [4.78, 5) is 20.4. The third-order valence-corrected chi connectivity index (χ3v) is 5.66. The second-order valence-electron chi connectivity index (χ2n) is 6.78. The Morgan fingerprint density at radius 2 is 2.15 bits per heavy atom. The van der Waals surface area contributed by atoms with Gasteiger partial charge in [0.2, 0.25) is 0 Å². The van der Waals surface area contributed by atoms with E-state index < -0.39 is 0 Å². The molecule has 2 amide bonds. The molecular formula is C20H28N4OS. The number of aryl methyl sites for hydroxylation is 1. The summed E-state index contributed by atoms with van der Waals surface area (Å²) < 4.78 is 2.26. The second-order valence-corrected chi connectivity index (χ2v) is 7.66. The molecule has 140 valence electrons. The monoisotopic (exact) mass is 372 g/mol. The summed E-state index contributed by atoms with van der Waals surface area (Å²) in [5.74, 6) is 1.44. The number of nitrogens with zero attached hydrogens (tertiary/aromatic N) is 3. The summed E-state index contributed by atoms with van der Waals surface area (Å²) in [6.45, 7) is 4.75. The molecule has 1 fully saturated rings. The van der Waals surface area contributed by atoms with Crippen LogP contribution in [-0.2, 0) is 6.54 Å². The molecule has 1 aliphatic heterocycles. The summed E-state index contributed by atoms with van der Waals surface area (Å²) >= 11 is 1.70. The number of anilines is 1. The number of imidazole rings is 1. The Kier molecular flexibility index (Phi) is 6.61. The Bertz CT molecular complexity index is 713. The molecule has 0 saturated carbocycles. The minimum absolute atomic E-state index is 0.0155. The molecule has 1 aliphatic rings. The smallest absolute Gasteiger partial charge is 0.321 e. The van der Waals surface area contributed by atoms with Crippen molar-refractivity contribution in [3.05, 3.63) is 42.5 Å². The lowest BCUT2D eigenvalue weighted by molar-refractivity contribution is 0.190. The molecule has 5 nitrogen and oxygen atoms in total. The van der Waals surface area contributed by atoms with E-state index in [0.29, 0.717) is 5.92 Å². The van der Waals surface area contributed by atoms with Crippen LogP contribution in [0.25, 0.3) is 0 Å². The number of thioether (sulfide) groups is 1. The standard InChI is InChI=1S/C20H28N4OS/c1-3-4-12-23-14-11-21-19(23)16-6-5-13-24(15-16)20(25)22-17-7-9-18(26-2)10-8-17/h7-11,14,16H,3-6,12-13,15H2,1-2H3,(H,22,25). The van der Waals surface area contributed by atoms with Crippen LogP contribution in [0.3, 0.4) is 0 Å². The van der Waals surface area contributed by atoms with Crippen LogP contribution in [0.1, 0.15) is 44.3 Å². The highest BCUT2D eigenvalue weighted by Crippen LogP contribution is 2.27. The molecule has 1 N–H and O–H groups in total. The van der Waals surface area contributed by atoms with Crippen molar-refractivity contribution in [1.29, 1.82) is 0 Å². The van der Waals surface area contributed by atoms with Crippen LogP contribution >= 0.6 is 11.8 Å². The first-order valence-electron chi connectivity index (χ1n) is 9.42. The van der Waals surface area contributed by atoms with Crippen LogP contribution in [0.5, 0.6) is 0 Å². The van der Waals surface area contributed by atoms with Gasteiger partial charge in [-0.15, -0.1) is 11.8 Å². The molecule has 1 aromatic carbocycles. The summed E-state index contributed by atoms with van der Waals surface area (Å²) in [5.41, 5.74) is 0.847. The molecule has 1 atom stereocenters. The van der Waals surface area contributed by atoms with E-state index >= 15 is 0 Å². The Morgan fingerprint density at radius 3 is 2.88 bits per heavy atom. The van der Waals surface area contributed by atoms with Crippen molar-refractivity contribution in [2.45, 2.75) is 50.0 Å². The number of aromatic nitrogens is 2. The van der Waals surface area contributed by atoms with Crippen LogP contribution in [0.15, 0.2) is 41.6 Å². The van der Waals surface area contributed by atoms with Crippen LogP contribution in [0.4, 0.5) is 10.5 Å². The molecule has 1 saturated heterocycles. The number of carbonyl (C=O) groups is 1. The quantitative estimate of drug-likeness (QED) is 0.740. The zero-order valence-corrected chi connectivity index (χ0v) is 16.5. The van der Waals surface area contributed by atoms with E-state index in [1.54, 1.807) is 11.8 Å². The summed E-state index contributed by atoms with van der Waals surface area (Å²) in [6.07, 6.45) is 10.4. The number of carbonyl (C=O) groups excluding carboxylic acids is 1. The molecule has 0 aliphatic carbocycles. The topological polar surface area (TPSA) is 50.2 Å². The zero-order chi connectivity index (χ0) is 18.4. The van der Waals surface area contributed by atoms with Crippen molar-refractivity contribution < 1.29 is 4.79 Å². The van der Waals surface area contributed by atoms with Gasteiger partial charge in [0, 0.05) is 48.5 Å². The highest BCUT2D eigenvalue weighted by molar-refractivity contribution is 7.98. The van der Waals surface area contributed by atoms with Gasteiger partial charge in [-0.25, -0.2) is 9.78 Å². The van der Waals surface area contributed by atoms with Crippen LogP contribution in [0.2, 0.25) is 0 Å². The highest BCUT2D eigenvalue weighted by Gasteiger charge is 2.27. The average molecular weight is 373 g/mol. The van der Waals surface area contributed by atoms with Crippen LogP contribution < -0.4 is 5.32 Å². The Morgan fingerprint density at radius 1 is 1.35 bits per heavy atom. The Balaban J connectivity index is 1.62. The number of hydrogen-bond donors (Lipinski definition) is 1. The van der Waals surface area contributed by atoms with Crippen LogP contribution in [-0.4, -0.2) is 39.8 Å². The molecule has 6 heteroatoms. The van der Waals surface area contributed by atoms with Gasteiger partial charge in [-0.2, -0.15) is 0 Å². The van der Waals surface area contributed by atoms with Gasteiger partial charge < -0.3 is 14.8 Å². The molecule has 3 rings (SSSR count). The highest BCUT2D eigenvalue weighted by atomic mass is 32.2. The van der Waals surface area contributed by atoms with E-state index in [1.165, 1.54) is 11.3 Å². The Hall–Kier alpha value is -1.95. The molecule has 0 spiro atoms. The maximum Gasteiger partial charge on any atom is 0.321 e. The number of piperidine rings is 1. The lowest BCUT2D eigenvalue weighted by Gasteiger charge is -2.32. The molecule has 0 radical (unpaired) electrons. The maximum atomic E-state index is 12.7. The first kappa shape index (κ1) is 18.8. The van der Waals surface area contributed by atoms with Crippen molar-refractivity contribution in [1.82, 2.24) is 14.5 Å². The Labute approximate surface area is 160 Å². The van der Waals surface area contributed by atoms with Crippen molar-refractivity contribution in [3.63, 3.8) is 0 Å². The van der Waals surface area contributed by atoms with Gasteiger partial charge in [-0.3, -0.25) is 0 Å². The van der Waals surface area contributed by atoms with Gasteiger partial charge in [0.1, 0.15) is 5.82 Å². The zero-order valence-electron chi connectivity index (χ0n) is 15.6. The number of likely N-dealkylation sites (tertiary alicyclic amines) is 1.